The van der Waals surface area contributed by atoms with E-state index < -0.39 is 108 Å². The first-order valence-electron chi connectivity index (χ1n) is 15.6. The predicted octanol–water partition coefficient (Wildman–Crippen LogP) is -1.02. The van der Waals surface area contributed by atoms with Gasteiger partial charge in [0.1, 0.15) is 36.5 Å². The topological polar surface area (TPSA) is 266 Å². The van der Waals surface area contributed by atoms with Crippen LogP contribution in [0.25, 0.3) is 0 Å². The fraction of sp³-hybridized carbons (Fsp3) is 0.700. The third-order valence-corrected chi connectivity index (χ3v) is 6.98. The maximum absolute atomic E-state index is 13.4. The Hall–Kier alpha value is -4.57. The molecule has 6 amide bonds. The Morgan fingerprint density at radius 2 is 1.06 bits per heavy atom. The van der Waals surface area contributed by atoms with Crippen molar-refractivity contribution in [3.05, 3.63) is 0 Å². The van der Waals surface area contributed by atoms with Gasteiger partial charge in [0, 0.05) is 13.3 Å². The van der Waals surface area contributed by atoms with Gasteiger partial charge in [-0.1, -0.05) is 48.0 Å². The van der Waals surface area contributed by atoms with Crippen molar-refractivity contribution in [2.45, 2.75) is 123 Å². The second kappa shape index (κ2) is 21.3. The zero-order valence-corrected chi connectivity index (χ0v) is 28.0. The number of rotatable bonds is 22. The SMILES string of the molecule is CCC[C@@H](C=O)NC(=O)[C@H](CC)NC(=O)[C@@H](NC(=O)[C@@H](NC(=O)[C@H](CC(=O)O)NC(=O)[C@H](CCC(=O)O)NC(C)=O)C(C)C)C(C)C. The normalized spacial score (nSPS) is 14.7. The summed E-state index contributed by atoms with van der Waals surface area (Å²) in [4.78, 5) is 111. The molecule has 0 aromatic heterocycles. The van der Waals surface area contributed by atoms with Crippen molar-refractivity contribution in [1.82, 2.24) is 31.9 Å². The number of nitrogens with one attached hydrogen (secondary N) is 6. The van der Waals surface area contributed by atoms with Gasteiger partial charge in [-0.15, -0.1) is 0 Å². The summed E-state index contributed by atoms with van der Waals surface area (Å²) < 4.78 is 0. The molecule has 0 bridgehead atoms. The van der Waals surface area contributed by atoms with E-state index in [-0.39, 0.29) is 12.8 Å². The van der Waals surface area contributed by atoms with Crippen LogP contribution in [0.3, 0.4) is 0 Å². The quantitative estimate of drug-likeness (QED) is 0.0646. The van der Waals surface area contributed by atoms with E-state index in [1.165, 1.54) is 0 Å². The molecule has 0 aromatic carbocycles. The smallest absolute Gasteiger partial charge is 0.305 e. The summed E-state index contributed by atoms with van der Waals surface area (Å²) in [5.41, 5.74) is 0. The van der Waals surface area contributed by atoms with Crippen LogP contribution in [0, 0.1) is 11.8 Å². The Morgan fingerprint density at radius 1 is 0.596 bits per heavy atom. The van der Waals surface area contributed by atoms with Crippen molar-refractivity contribution in [2.75, 3.05) is 0 Å². The van der Waals surface area contributed by atoms with Crippen LogP contribution in [0.5, 0.6) is 0 Å². The van der Waals surface area contributed by atoms with E-state index in [9.17, 15) is 48.3 Å². The molecule has 0 spiro atoms. The zero-order valence-electron chi connectivity index (χ0n) is 28.0. The summed E-state index contributed by atoms with van der Waals surface area (Å²) in [6, 6.07) is -7.29. The lowest BCUT2D eigenvalue weighted by Crippen LogP contribution is -2.61. The first-order valence-corrected chi connectivity index (χ1v) is 15.6. The molecule has 0 aliphatic rings. The van der Waals surface area contributed by atoms with Gasteiger partial charge >= 0.3 is 11.9 Å². The largest absolute Gasteiger partial charge is 0.481 e. The number of carbonyl (C=O) groups is 9. The molecule has 266 valence electrons. The highest BCUT2D eigenvalue weighted by atomic mass is 16.4. The fourth-order valence-electron chi connectivity index (χ4n) is 4.39. The van der Waals surface area contributed by atoms with Crippen LogP contribution >= 0.6 is 0 Å². The molecule has 47 heavy (non-hydrogen) atoms. The van der Waals surface area contributed by atoms with Gasteiger partial charge in [0.25, 0.3) is 0 Å². The van der Waals surface area contributed by atoms with Crippen LogP contribution in [-0.2, 0) is 43.2 Å². The highest BCUT2D eigenvalue weighted by molar-refractivity contribution is 5.97. The van der Waals surface area contributed by atoms with Gasteiger partial charge in [-0.25, -0.2) is 0 Å². The van der Waals surface area contributed by atoms with Gasteiger partial charge in [-0.2, -0.15) is 0 Å². The summed E-state index contributed by atoms with van der Waals surface area (Å²) in [7, 11) is 0. The second-order valence-electron chi connectivity index (χ2n) is 11.8. The first kappa shape index (κ1) is 42.4. The van der Waals surface area contributed by atoms with Crippen molar-refractivity contribution in [1.29, 1.82) is 0 Å². The zero-order chi connectivity index (χ0) is 36.4. The van der Waals surface area contributed by atoms with Crippen molar-refractivity contribution < 1.29 is 53.4 Å². The lowest BCUT2D eigenvalue weighted by Gasteiger charge is -2.29. The number of aldehydes is 1. The minimum absolute atomic E-state index is 0.189. The Kier molecular flexibility index (Phi) is 19.2. The van der Waals surface area contributed by atoms with Crippen LogP contribution < -0.4 is 31.9 Å². The van der Waals surface area contributed by atoms with Gasteiger partial charge in [0.05, 0.1) is 12.5 Å². The second-order valence-corrected chi connectivity index (χ2v) is 11.8. The average Bonchev–Trinajstić information content (AvgIpc) is 2.97. The molecule has 0 aromatic rings. The number of amides is 6. The van der Waals surface area contributed by atoms with E-state index in [0.717, 1.165) is 6.92 Å². The molecular formula is C30H50N6O11. The summed E-state index contributed by atoms with van der Waals surface area (Å²) in [6.07, 6.45) is 0.121. The first-order chi connectivity index (χ1) is 21.9. The maximum atomic E-state index is 13.4. The Bertz CT molecular complexity index is 1140. The minimum atomic E-state index is -1.72. The molecule has 0 unspecified atom stereocenters. The lowest BCUT2D eigenvalue weighted by molar-refractivity contribution is -0.141. The molecule has 0 heterocycles. The molecule has 0 saturated carbocycles. The highest BCUT2D eigenvalue weighted by Gasteiger charge is 2.35. The molecule has 0 fully saturated rings. The standard InChI is InChI=1S/C30H50N6O11/c1-8-10-18(14-37)32-26(43)19(9-2)33-29(46)24(15(3)4)36-30(47)25(16(5)6)35-28(45)21(13-23(41)42)34-27(44)20(31-17(7)38)11-12-22(39)40/h14-16,18-21,24-25H,8-13H2,1-7H3,(H,31,38)(H,32,43)(H,33,46)(H,34,44)(H,35,45)(H,36,47)(H,39,40)(H,41,42)/t18-,19-,20-,21-,24-,25-/m0/s1. The Labute approximate surface area is 274 Å². The monoisotopic (exact) mass is 670 g/mol. The van der Waals surface area contributed by atoms with Crippen molar-refractivity contribution in [3.8, 4) is 0 Å². The average molecular weight is 671 g/mol. The summed E-state index contributed by atoms with van der Waals surface area (Å²) in [5.74, 6) is -8.59. The van der Waals surface area contributed by atoms with Crippen LogP contribution in [0.4, 0.5) is 0 Å². The van der Waals surface area contributed by atoms with Crippen LogP contribution in [0.2, 0.25) is 0 Å². The molecular weight excluding hydrogens is 620 g/mol. The van der Waals surface area contributed by atoms with E-state index in [1.54, 1.807) is 34.6 Å². The number of carbonyl (C=O) groups excluding carboxylic acids is 7. The van der Waals surface area contributed by atoms with Gasteiger partial charge < -0.3 is 46.9 Å². The minimum Gasteiger partial charge on any atom is -0.481 e. The Morgan fingerprint density at radius 3 is 1.49 bits per heavy atom. The molecule has 0 aliphatic carbocycles. The summed E-state index contributed by atoms with van der Waals surface area (Å²) >= 11 is 0. The number of aliphatic carboxylic acids is 2. The van der Waals surface area contributed by atoms with Gasteiger partial charge in [0.2, 0.25) is 35.4 Å². The van der Waals surface area contributed by atoms with Crippen LogP contribution in [0.15, 0.2) is 0 Å². The van der Waals surface area contributed by atoms with Crippen molar-refractivity contribution in [3.63, 3.8) is 0 Å². The highest BCUT2D eigenvalue weighted by Crippen LogP contribution is 2.09. The van der Waals surface area contributed by atoms with E-state index in [0.29, 0.717) is 19.1 Å². The molecule has 17 nitrogen and oxygen atoms in total. The number of carboxylic acid groups (broad SMARTS) is 2. The van der Waals surface area contributed by atoms with Crippen LogP contribution in [-0.4, -0.2) is 100 Å². The molecule has 8 N–H and O–H groups in total. The van der Waals surface area contributed by atoms with Gasteiger partial charge in [-0.05, 0) is 31.1 Å². The van der Waals surface area contributed by atoms with Crippen molar-refractivity contribution >= 4 is 53.7 Å². The third kappa shape index (κ3) is 16.0. The molecule has 0 aliphatic heterocycles. The summed E-state index contributed by atoms with van der Waals surface area (Å²) in [5, 5.41) is 32.9. The molecule has 0 saturated heterocycles. The molecule has 6 atom stereocenters. The molecule has 0 radical (unpaired) electrons. The Balaban J connectivity index is 5.89. The fourth-order valence-corrected chi connectivity index (χ4v) is 4.39. The predicted molar refractivity (Wildman–Crippen MR) is 167 cm³/mol. The third-order valence-electron chi connectivity index (χ3n) is 6.98. The van der Waals surface area contributed by atoms with Gasteiger partial charge in [-0.3, -0.25) is 38.4 Å². The maximum Gasteiger partial charge on any atom is 0.305 e. The lowest BCUT2D eigenvalue weighted by atomic mass is 9.98. The van der Waals surface area contributed by atoms with E-state index in [2.05, 4.69) is 31.9 Å². The van der Waals surface area contributed by atoms with Crippen LogP contribution in [0.1, 0.15) is 87.0 Å². The van der Waals surface area contributed by atoms with E-state index in [4.69, 9.17) is 5.11 Å². The number of carboxylic acids is 2. The number of hydrogen-bond acceptors (Lipinski definition) is 9. The summed E-state index contributed by atoms with van der Waals surface area (Å²) in [6.45, 7) is 11.0. The van der Waals surface area contributed by atoms with E-state index in [1.807, 2.05) is 6.92 Å². The molecule has 17 heteroatoms. The van der Waals surface area contributed by atoms with E-state index >= 15 is 0 Å². The number of hydrogen-bond donors (Lipinski definition) is 8. The molecule has 0 rings (SSSR count). The van der Waals surface area contributed by atoms with Gasteiger partial charge in [0.15, 0.2) is 0 Å². The van der Waals surface area contributed by atoms with Crippen molar-refractivity contribution in [2.24, 2.45) is 11.8 Å².